The molecule has 0 aromatic carbocycles. The van der Waals surface area contributed by atoms with Crippen LogP contribution in [0.5, 0.6) is 0 Å². The Bertz CT molecular complexity index is 612. The summed E-state index contributed by atoms with van der Waals surface area (Å²) in [4.78, 5) is 23.9. The van der Waals surface area contributed by atoms with Gasteiger partial charge in [0.05, 0.1) is 11.3 Å². The second-order valence-corrected chi connectivity index (χ2v) is 7.32. The van der Waals surface area contributed by atoms with Crippen LogP contribution in [0.1, 0.15) is 28.8 Å². The van der Waals surface area contributed by atoms with Gasteiger partial charge >= 0.3 is 5.97 Å². The van der Waals surface area contributed by atoms with E-state index in [0.717, 1.165) is 22.2 Å². The van der Waals surface area contributed by atoms with Crippen LogP contribution in [0, 0.1) is 25.2 Å². The predicted molar refractivity (Wildman–Crippen MR) is 79.2 cm³/mol. The molecule has 0 unspecified atom stereocenters. The predicted octanol–water partition coefficient (Wildman–Crippen LogP) is 2.53. The SMILES string of the molecule is Cc1sc(NC(=O)CSC2(C(=O)O)CC2)c(C#N)c1C. The lowest BCUT2D eigenvalue weighted by molar-refractivity contribution is -0.137. The first-order valence-corrected chi connectivity index (χ1v) is 7.87. The lowest BCUT2D eigenvalue weighted by Crippen LogP contribution is -2.22. The Balaban J connectivity index is 1.98. The number of nitriles is 1. The third-order valence-electron chi connectivity index (χ3n) is 3.32. The number of carbonyl (C=O) groups is 2. The summed E-state index contributed by atoms with van der Waals surface area (Å²) in [6.45, 7) is 3.74. The van der Waals surface area contributed by atoms with Crippen LogP contribution < -0.4 is 5.32 Å². The number of carboxylic acid groups (broad SMARTS) is 1. The van der Waals surface area contributed by atoms with Gasteiger partial charge in [0.15, 0.2) is 0 Å². The van der Waals surface area contributed by atoms with Crippen molar-refractivity contribution in [1.29, 1.82) is 5.26 Å². The summed E-state index contributed by atoms with van der Waals surface area (Å²) in [6, 6.07) is 2.09. The molecule has 7 heteroatoms. The number of aliphatic carboxylic acids is 1. The molecule has 0 atom stereocenters. The number of carbonyl (C=O) groups excluding carboxylic acids is 1. The fraction of sp³-hybridized carbons (Fsp3) is 0.462. The van der Waals surface area contributed by atoms with Crippen LogP contribution in [0.3, 0.4) is 0 Å². The monoisotopic (exact) mass is 310 g/mol. The van der Waals surface area contributed by atoms with Crippen molar-refractivity contribution in [2.24, 2.45) is 0 Å². The summed E-state index contributed by atoms with van der Waals surface area (Å²) in [5.74, 6) is -1.02. The number of hydrogen-bond acceptors (Lipinski definition) is 5. The zero-order valence-electron chi connectivity index (χ0n) is 11.1. The number of nitrogens with zero attached hydrogens (tertiary/aromatic N) is 1. The Morgan fingerprint density at radius 2 is 2.15 bits per heavy atom. The normalized spacial score (nSPS) is 15.4. The summed E-state index contributed by atoms with van der Waals surface area (Å²) < 4.78 is -0.767. The largest absolute Gasteiger partial charge is 0.480 e. The van der Waals surface area contributed by atoms with Gasteiger partial charge < -0.3 is 10.4 Å². The Morgan fingerprint density at radius 3 is 2.65 bits per heavy atom. The first kappa shape index (κ1) is 14.9. The molecule has 2 rings (SSSR count). The molecule has 106 valence electrons. The van der Waals surface area contributed by atoms with Crippen molar-refractivity contribution in [3.05, 3.63) is 16.0 Å². The Hall–Kier alpha value is -1.52. The van der Waals surface area contributed by atoms with E-state index in [4.69, 9.17) is 10.4 Å². The van der Waals surface area contributed by atoms with E-state index in [1.807, 2.05) is 13.8 Å². The summed E-state index contributed by atoms with van der Waals surface area (Å²) in [5, 5.41) is 21.4. The number of carboxylic acids is 1. The van der Waals surface area contributed by atoms with E-state index in [9.17, 15) is 9.59 Å². The number of anilines is 1. The number of thiophene rings is 1. The molecule has 0 bridgehead atoms. The zero-order chi connectivity index (χ0) is 14.9. The summed E-state index contributed by atoms with van der Waals surface area (Å²) >= 11 is 2.53. The number of amides is 1. The Morgan fingerprint density at radius 1 is 1.50 bits per heavy atom. The van der Waals surface area contributed by atoms with Crippen molar-refractivity contribution in [3.8, 4) is 6.07 Å². The van der Waals surface area contributed by atoms with Crippen LogP contribution in [0.25, 0.3) is 0 Å². The highest BCUT2D eigenvalue weighted by atomic mass is 32.2. The molecule has 1 saturated carbocycles. The highest BCUT2D eigenvalue weighted by Crippen LogP contribution is 2.48. The third-order valence-corrected chi connectivity index (χ3v) is 5.99. The van der Waals surface area contributed by atoms with Gasteiger partial charge in [-0.3, -0.25) is 9.59 Å². The maximum atomic E-state index is 11.9. The van der Waals surface area contributed by atoms with Gasteiger partial charge in [-0.2, -0.15) is 5.26 Å². The Kier molecular flexibility index (Phi) is 4.06. The van der Waals surface area contributed by atoms with Crippen molar-refractivity contribution >= 4 is 40.0 Å². The molecular formula is C13H14N2O3S2. The summed E-state index contributed by atoms with van der Waals surface area (Å²) in [5.41, 5.74) is 1.37. The second-order valence-electron chi connectivity index (χ2n) is 4.74. The molecule has 20 heavy (non-hydrogen) atoms. The summed E-state index contributed by atoms with van der Waals surface area (Å²) in [6.07, 6.45) is 1.22. The number of rotatable bonds is 5. The molecule has 0 spiro atoms. The van der Waals surface area contributed by atoms with Crippen LogP contribution in [0.2, 0.25) is 0 Å². The van der Waals surface area contributed by atoms with Crippen molar-refractivity contribution in [3.63, 3.8) is 0 Å². The molecule has 1 aliphatic rings. The molecular weight excluding hydrogens is 296 g/mol. The average Bonchev–Trinajstić information content (AvgIpc) is 3.13. The molecule has 0 saturated heterocycles. The van der Waals surface area contributed by atoms with E-state index in [-0.39, 0.29) is 11.7 Å². The van der Waals surface area contributed by atoms with E-state index in [1.54, 1.807) is 0 Å². The minimum atomic E-state index is -0.851. The molecule has 1 aromatic rings. The van der Waals surface area contributed by atoms with Gasteiger partial charge in [-0.1, -0.05) is 0 Å². The molecule has 1 aliphatic carbocycles. The number of nitrogens with one attached hydrogen (secondary N) is 1. The van der Waals surface area contributed by atoms with E-state index >= 15 is 0 Å². The quantitative estimate of drug-likeness (QED) is 0.872. The highest BCUT2D eigenvalue weighted by Gasteiger charge is 2.51. The van der Waals surface area contributed by atoms with E-state index in [1.165, 1.54) is 11.3 Å². The fourth-order valence-electron chi connectivity index (χ4n) is 1.75. The van der Waals surface area contributed by atoms with Gasteiger partial charge in [0.1, 0.15) is 15.8 Å². The molecule has 1 fully saturated rings. The van der Waals surface area contributed by atoms with Gasteiger partial charge in [0, 0.05) is 4.88 Å². The topological polar surface area (TPSA) is 90.2 Å². The maximum absolute atomic E-state index is 11.9. The van der Waals surface area contributed by atoms with Crippen LogP contribution in [0.4, 0.5) is 5.00 Å². The first-order valence-electron chi connectivity index (χ1n) is 6.07. The second kappa shape index (κ2) is 5.46. The first-order chi connectivity index (χ1) is 9.39. The van der Waals surface area contributed by atoms with Crippen molar-refractivity contribution < 1.29 is 14.7 Å². The maximum Gasteiger partial charge on any atom is 0.319 e. The molecule has 2 N–H and O–H groups in total. The molecule has 1 aromatic heterocycles. The molecule has 0 radical (unpaired) electrons. The molecule has 5 nitrogen and oxygen atoms in total. The third kappa shape index (κ3) is 2.81. The molecule has 1 heterocycles. The van der Waals surface area contributed by atoms with Crippen molar-refractivity contribution in [1.82, 2.24) is 0 Å². The minimum absolute atomic E-state index is 0.0904. The fourth-order valence-corrected chi connectivity index (χ4v) is 3.77. The van der Waals surface area contributed by atoms with Gasteiger partial charge in [0.2, 0.25) is 5.91 Å². The minimum Gasteiger partial charge on any atom is -0.480 e. The van der Waals surface area contributed by atoms with Crippen LogP contribution in [-0.2, 0) is 9.59 Å². The van der Waals surface area contributed by atoms with Crippen molar-refractivity contribution in [2.45, 2.75) is 31.4 Å². The van der Waals surface area contributed by atoms with E-state index in [0.29, 0.717) is 23.4 Å². The van der Waals surface area contributed by atoms with E-state index < -0.39 is 10.7 Å². The summed E-state index contributed by atoms with van der Waals surface area (Å²) in [7, 11) is 0. The molecule has 0 aliphatic heterocycles. The lowest BCUT2D eigenvalue weighted by atomic mass is 10.2. The van der Waals surface area contributed by atoms with Gasteiger partial charge in [0.25, 0.3) is 0 Å². The van der Waals surface area contributed by atoms with Gasteiger partial charge in [-0.25, -0.2) is 0 Å². The number of hydrogen-bond donors (Lipinski definition) is 2. The van der Waals surface area contributed by atoms with Crippen LogP contribution in [-0.4, -0.2) is 27.5 Å². The zero-order valence-corrected chi connectivity index (χ0v) is 12.8. The smallest absolute Gasteiger partial charge is 0.319 e. The highest BCUT2D eigenvalue weighted by molar-refractivity contribution is 8.02. The van der Waals surface area contributed by atoms with Gasteiger partial charge in [-0.15, -0.1) is 23.1 Å². The van der Waals surface area contributed by atoms with E-state index in [2.05, 4.69) is 11.4 Å². The van der Waals surface area contributed by atoms with Gasteiger partial charge in [-0.05, 0) is 32.3 Å². The lowest BCUT2D eigenvalue weighted by Gasteiger charge is -2.09. The Labute approximate surface area is 125 Å². The van der Waals surface area contributed by atoms with Crippen LogP contribution >= 0.6 is 23.1 Å². The number of aryl methyl sites for hydroxylation is 1. The number of thioether (sulfide) groups is 1. The van der Waals surface area contributed by atoms with Crippen molar-refractivity contribution in [2.75, 3.05) is 11.1 Å². The van der Waals surface area contributed by atoms with Crippen LogP contribution in [0.15, 0.2) is 0 Å². The molecule has 1 amide bonds. The standard InChI is InChI=1S/C13H14N2O3S2/c1-7-8(2)20-11(9(7)5-14)15-10(16)6-19-13(3-4-13)12(17)18/h3-4,6H2,1-2H3,(H,15,16)(H,17,18). The average molecular weight is 310 g/mol.